The number of benzene rings is 1. The first kappa shape index (κ1) is 11.9. The van der Waals surface area contributed by atoms with Crippen LogP contribution in [0.5, 0.6) is 11.5 Å². The van der Waals surface area contributed by atoms with Gasteiger partial charge < -0.3 is 10.1 Å². The van der Waals surface area contributed by atoms with E-state index >= 15 is 0 Å². The van der Waals surface area contributed by atoms with Crippen LogP contribution < -0.4 is 15.4 Å². The van der Waals surface area contributed by atoms with E-state index in [9.17, 15) is 4.79 Å². The molecule has 5 heteroatoms. The summed E-state index contributed by atoms with van der Waals surface area (Å²) >= 11 is 0. The lowest BCUT2D eigenvalue weighted by Gasteiger charge is -2.07. The Morgan fingerprint density at radius 3 is 2.67 bits per heavy atom. The number of carbonyl (C=O) groups is 1. The molecule has 0 saturated heterocycles. The number of nitrogens with zero attached hydrogens (tertiary/aromatic N) is 1. The van der Waals surface area contributed by atoms with Crippen molar-refractivity contribution in [3.05, 3.63) is 48.7 Å². The minimum atomic E-state index is -0.320. The highest BCUT2D eigenvalue weighted by molar-refractivity contribution is 5.88. The maximum absolute atomic E-state index is 11.1. The minimum absolute atomic E-state index is 0.320. The van der Waals surface area contributed by atoms with Crippen LogP contribution in [-0.2, 0) is 0 Å². The number of aromatic nitrogens is 1. The SMILES string of the molecule is CNC(=O)Nc1cc(Oc2ccccc2)ccn1. The molecule has 2 N–H and O–H groups in total. The van der Waals surface area contributed by atoms with Crippen molar-refractivity contribution in [3.8, 4) is 11.5 Å². The van der Waals surface area contributed by atoms with E-state index in [0.717, 1.165) is 5.75 Å². The van der Waals surface area contributed by atoms with Gasteiger partial charge in [0.2, 0.25) is 0 Å². The Bertz CT molecular complexity index is 529. The van der Waals surface area contributed by atoms with E-state index in [4.69, 9.17) is 4.74 Å². The fourth-order valence-corrected chi connectivity index (χ4v) is 1.35. The molecular weight excluding hydrogens is 230 g/mol. The normalized spacial score (nSPS) is 9.61. The van der Waals surface area contributed by atoms with Crippen molar-refractivity contribution in [2.75, 3.05) is 12.4 Å². The molecule has 0 bridgehead atoms. The number of para-hydroxylation sites is 1. The zero-order valence-electron chi connectivity index (χ0n) is 9.88. The predicted octanol–water partition coefficient (Wildman–Crippen LogP) is 2.63. The van der Waals surface area contributed by atoms with Crippen molar-refractivity contribution in [1.82, 2.24) is 10.3 Å². The van der Waals surface area contributed by atoms with E-state index in [2.05, 4.69) is 15.6 Å². The summed E-state index contributed by atoms with van der Waals surface area (Å²) in [4.78, 5) is 15.2. The third kappa shape index (κ3) is 3.21. The average molecular weight is 243 g/mol. The van der Waals surface area contributed by atoms with Crippen molar-refractivity contribution in [3.63, 3.8) is 0 Å². The Morgan fingerprint density at radius 2 is 1.94 bits per heavy atom. The molecule has 1 heterocycles. The monoisotopic (exact) mass is 243 g/mol. The lowest BCUT2D eigenvalue weighted by atomic mass is 10.3. The average Bonchev–Trinajstić information content (AvgIpc) is 2.40. The Morgan fingerprint density at radius 1 is 1.17 bits per heavy atom. The fourth-order valence-electron chi connectivity index (χ4n) is 1.35. The van der Waals surface area contributed by atoms with Crippen LogP contribution in [0.4, 0.5) is 10.6 Å². The van der Waals surface area contributed by atoms with Gasteiger partial charge in [-0.05, 0) is 18.2 Å². The molecule has 0 aliphatic carbocycles. The summed E-state index contributed by atoms with van der Waals surface area (Å²) in [5, 5.41) is 5.03. The number of urea groups is 1. The molecule has 1 aromatic carbocycles. The van der Waals surface area contributed by atoms with Crippen molar-refractivity contribution in [1.29, 1.82) is 0 Å². The second-order valence-electron chi connectivity index (χ2n) is 3.50. The van der Waals surface area contributed by atoms with Crippen LogP contribution in [0.25, 0.3) is 0 Å². The molecule has 0 aliphatic heterocycles. The number of hydrogen-bond donors (Lipinski definition) is 2. The van der Waals surface area contributed by atoms with Crippen molar-refractivity contribution in [2.45, 2.75) is 0 Å². The predicted molar refractivity (Wildman–Crippen MR) is 68.8 cm³/mol. The maximum Gasteiger partial charge on any atom is 0.320 e. The van der Waals surface area contributed by atoms with Gasteiger partial charge in [-0.25, -0.2) is 9.78 Å². The summed E-state index contributed by atoms with van der Waals surface area (Å²) in [5.41, 5.74) is 0. The molecule has 0 aliphatic rings. The van der Waals surface area contributed by atoms with Crippen LogP contribution >= 0.6 is 0 Å². The van der Waals surface area contributed by atoms with Crippen molar-refractivity contribution < 1.29 is 9.53 Å². The number of anilines is 1. The molecule has 0 saturated carbocycles. The minimum Gasteiger partial charge on any atom is -0.457 e. The lowest BCUT2D eigenvalue weighted by Crippen LogP contribution is -2.24. The van der Waals surface area contributed by atoms with E-state index in [1.165, 1.54) is 0 Å². The Balaban J connectivity index is 2.10. The largest absolute Gasteiger partial charge is 0.457 e. The zero-order chi connectivity index (χ0) is 12.8. The van der Waals surface area contributed by atoms with Gasteiger partial charge in [-0.3, -0.25) is 5.32 Å². The van der Waals surface area contributed by atoms with Gasteiger partial charge in [-0.2, -0.15) is 0 Å². The summed E-state index contributed by atoms with van der Waals surface area (Å²) in [7, 11) is 1.54. The van der Waals surface area contributed by atoms with Gasteiger partial charge in [0, 0.05) is 19.3 Å². The molecule has 2 amide bonds. The van der Waals surface area contributed by atoms with Crippen LogP contribution in [0.3, 0.4) is 0 Å². The van der Waals surface area contributed by atoms with Gasteiger partial charge in [-0.1, -0.05) is 18.2 Å². The number of hydrogen-bond acceptors (Lipinski definition) is 3. The first-order valence-corrected chi connectivity index (χ1v) is 5.45. The third-order valence-electron chi connectivity index (χ3n) is 2.18. The van der Waals surface area contributed by atoms with Gasteiger partial charge in [0.1, 0.15) is 17.3 Å². The number of carbonyl (C=O) groups excluding carboxylic acids is 1. The Hall–Kier alpha value is -2.56. The molecule has 2 rings (SSSR count). The second kappa shape index (κ2) is 5.67. The van der Waals surface area contributed by atoms with E-state index in [1.54, 1.807) is 25.4 Å². The van der Waals surface area contributed by atoms with Gasteiger partial charge in [-0.15, -0.1) is 0 Å². The quantitative estimate of drug-likeness (QED) is 0.871. The molecule has 1 aromatic heterocycles. The van der Waals surface area contributed by atoms with Crippen LogP contribution in [-0.4, -0.2) is 18.1 Å². The molecule has 0 radical (unpaired) electrons. The molecule has 0 fully saturated rings. The summed E-state index contributed by atoms with van der Waals surface area (Å²) in [6, 6.07) is 12.5. The first-order valence-electron chi connectivity index (χ1n) is 5.45. The molecule has 0 unspecified atom stereocenters. The standard InChI is InChI=1S/C13H13N3O2/c1-14-13(17)16-12-9-11(7-8-15-12)18-10-5-3-2-4-6-10/h2-9H,1H3,(H2,14,15,16,17). The zero-order valence-corrected chi connectivity index (χ0v) is 9.88. The Kier molecular flexibility index (Phi) is 3.76. The molecule has 5 nitrogen and oxygen atoms in total. The van der Waals surface area contributed by atoms with Crippen LogP contribution in [0, 0.1) is 0 Å². The maximum atomic E-state index is 11.1. The highest BCUT2D eigenvalue weighted by atomic mass is 16.5. The highest BCUT2D eigenvalue weighted by Gasteiger charge is 2.02. The second-order valence-corrected chi connectivity index (χ2v) is 3.50. The highest BCUT2D eigenvalue weighted by Crippen LogP contribution is 2.22. The summed E-state index contributed by atoms with van der Waals surface area (Å²) in [6.45, 7) is 0. The molecular formula is C13H13N3O2. The van der Waals surface area contributed by atoms with Gasteiger partial charge in [0.25, 0.3) is 0 Å². The number of pyridine rings is 1. The topological polar surface area (TPSA) is 63.2 Å². The lowest BCUT2D eigenvalue weighted by molar-refractivity contribution is 0.254. The third-order valence-corrected chi connectivity index (χ3v) is 2.18. The van der Waals surface area contributed by atoms with E-state index in [0.29, 0.717) is 11.6 Å². The molecule has 2 aromatic rings. The van der Waals surface area contributed by atoms with Crippen LogP contribution in [0.1, 0.15) is 0 Å². The smallest absolute Gasteiger partial charge is 0.320 e. The van der Waals surface area contributed by atoms with E-state index < -0.39 is 0 Å². The number of nitrogens with one attached hydrogen (secondary N) is 2. The molecule has 92 valence electrons. The summed E-state index contributed by atoms with van der Waals surface area (Å²) < 4.78 is 5.62. The summed E-state index contributed by atoms with van der Waals surface area (Å²) in [5.74, 6) is 1.78. The van der Waals surface area contributed by atoms with Gasteiger partial charge in [0.05, 0.1) is 0 Å². The van der Waals surface area contributed by atoms with Gasteiger partial charge in [0.15, 0.2) is 0 Å². The molecule has 0 atom stereocenters. The summed E-state index contributed by atoms with van der Waals surface area (Å²) in [6.07, 6.45) is 1.57. The van der Waals surface area contributed by atoms with Crippen LogP contribution in [0.2, 0.25) is 0 Å². The molecule has 18 heavy (non-hydrogen) atoms. The van der Waals surface area contributed by atoms with Gasteiger partial charge >= 0.3 is 6.03 Å². The van der Waals surface area contributed by atoms with E-state index in [1.807, 2.05) is 30.3 Å². The number of ether oxygens (including phenoxy) is 1. The first-order chi connectivity index (χ1) is 8.78. The number of amides is 2. The fraction of sp³-hybridized carbons (Fsp3) is 0.0769. The van der Waals surface area contributed by atoms with Crippen molar-refractivity contribution >= 4 is 11.8 Å². The van der Waals surface area contributed by atoms with E-state index in [-0.39, 0.29) is 6.03 Å². The Labute approximate surface area is 105 Å². The number of rotatable bonds is 3. The van der Waals surface area contributed by atoms with Crippen molar-refractivity contribution in [2.24, 2.45) is 0 Å². The molecule has 0 spiro atoms. The van der Waals surface area contributed by atoms with Crippen LogP contribution in [0.15, 0.2) is 48.7 Å².